The third-order valence-corrected chi connectivity index (χ3v) is 9.71. The molecule has 160 valence electrons. The molecule has 8 atom stereocenters. The molecular weight excluding hydrogens is 368 g/mol. The highest BCUT2D eigenvalue weighted by molar-refractivity contribution is 5.93. The van der Waals surface area contributed by atoms with Crippen molar-refractivity contribution in [1.82, 2.24) is 0 Å². The summed E-state index contributed by atoms with van der Waals surface area (Å²) in [6.45, 7) is 6.32. The largest absolute Gasteiger partial charge is 0.550 e. The van der Waals surface area contributed by atoms with Gasteiger partial charge >= 0.3 is 0 Å². The number of hydrogen-bond acceptors (Lipinski definition) is 5. The second-order valence-corrected chi connectivity index (χ2v) is 10.8. The van der Waals surface area contributed by atoms with Gasteiger partial charge in [-0.1, -0.05) is 20.8 Å². The van der Waals surface area contributed by atoms with Crippen LogP contribution in [0.4, 0.5) is 0 Å². The van der Waals surface area contributed by atoms with Crippen molar-refractivity contribution in [2.45, 2.75) is 78.6 Å². The van der Waals surface area contributed by atoms with Crippen molar-refractivity contribution in [2.75, 3.05) is 0 Å². The highest BCUT2D eigenvalue weighted by atomic mass is 16.4. The molecule has 0 bridgehead atoms. The predicted octanol–water partition coefficient (Wildman–Crippen LogP) is 2.74. The third-order valence-electron chi connectivity index (χ3n) is 9.71. The van der Waals surface area contributed by atoms with Gasteiger partial charge in [-0.05, 0) is 67.1 Å². The van der Waals surface area contributed by atoms with Crippen molar-refractivity contribution in [2.24, 2.45) is 46.3 Å². The molecule has 29 heavy (non-hydrogen) atoms. The zero-order valence-corrected chi connectivity index (χ0v) is 17.9. The number of hydrogen-bond donors (Lipinski definition) is 0. The van der Waals surface area contributed by atoms with Crippen molar-refractivity contribution in [3.8, 4) is 0 Å². The Kier molecular flexibility index (Phi) is 5.02. The van der Waals surface area contributed by atoms with E-state index in [1.54, 1.807) is 0 Å². The van der Waals surface area contributed by atoms with E-state index in [0.29, 0.717) is 32.1 Å². The second-order valence-electron chi connectivity index (χ2n) is 10.8. The highest BCUT2D eigenvalue weighted by Gasteiger charge is 2.66. The summed E-state index contributed by atoms with van der Waals surface area (Å²) in [5.74, 6) is 0.130. The topological polar surface area (TPSA) is 91.3 Å². The van der Waals surface area contributed by atoms with Gasteiger partial charge in [-0.15, -0.1) is 0 Å². The number of fused-ring (bicyclic) bond motifs is 5. The van der Waals surface area contributed by atoms with Gasteiger partial charge in [0.25, 0.3) is 0 Å². The summed E-state index contributed by atoms with van der Waals surface area (Å²) in [6.07, 6.45) is 5.08. The van der Waals surface area contributed by atoms with E-state index in [1.807, 2.05) is 6.92 Å². The molecule has 0 spiro atoms. The SMILES string of the molecule is C[C@H](CCC(=O)[O-])[C@H]1CC[C@H]2[C@@H]3C(=O)C[C@@H]4CC(=O)CC[C@]4(C)[C@H]3CC(=O)[C@]12C. The van der Waals surface area contributed by atoms with E-state index in [4.69, 9.17) is 0 Å². The number of aliphatic carboxylic acids is 1. The summed E-state index contributed by atoms with van der Waals surface area (Å²) in [7, 11) is 0. The first kappa shape index (κ1) is 20.7. The molecule has 5 nitrogen and oxygen atoms in total. The van der Waals surface area contributed by atoms with E-state index in [2.05, 4.69) is 13.8 Å². The van der Waals surface area contributed by atoms with E-state index < -0.39 is 11.4 Å². The standard InChI is InChI=1S/C24H34O5/c1-13(4-7-21(28)29)16-5-6-17-22-18(12-20(27)24(16,17)3)23(2)9-8-15(25)10-14(23)11-19(22)26/h13-14,16-18,22H,4-12H2,1-3H3,(H,28,29)/p-1/t13-,14+,16-,17+,18+,22+,23+,24-/m1/s1. The van der Waals surface area contributed by atoms with E-state index >= 15 is 0 Å². The third kappa shape index (κ3) is 3.02. The molecule has 4 rings (SSSR count). The lowest BCUT2D eigenvalue weighted by molar-refractivity contribution is -0.306. The molecule has 0 aliphatic heterocycles. The summed E-state index contributed by atoms with van der Waals surface area (Å²) in [4.78, 5) is 49.8. The van der Waals surface area contributed by atoms with Crippen molar-refractivity contribution >= 4 is 23.3 Å². The Hall–Kier alpha value is -1.52. The molecule has 5 heteroatoms. The van der Waals surface area contributed by atoms with Gasteiger partial charge in [0.05, 0.1) is 0 Å². The number of carbonyl (C=O) groups is 4. The van der Waals surface area contributed by atoms with Crippen molar-refractivity contribution in [1.29, 1.82) is 0 Å². The normalized spacial score (nSPS) is 45.3. The Labute approximate surface area is 173 Å². The average Bonchev–Trinajstić information content (AvgIpc) is 3.01. The predicted molar refractivity (Wildman–Crippen MR) is 104 cm³/mol. The zero-order valence-electron chi connectivity index (χ0n) is 17.9. The van der Waals surface area contributed by atoms with Gasteiger partial charge in [-0.3, -0.25) is 14.4 Å². The maximum Gasteiger partial charge on any atom is 0.139 e. The first-order valence-electron chi connectivity index (χ1n) is 11.4. The Bertz CT molecular complexity index is 756. The van der Waals surface area contributed by atoms with Crippen LogP contribution in [-0.4, -0.2) is 23.3 Å². The van der Waals surface area contributed by atoms with Gasteiger partial charge in [0.2, 0.25) is 0 Å². The van der Waals surface area contributed by atoms with Gasteiger partial charge in [-0.25, -0.2) is 0 Å². The minimum atomic E-state index is -1.04. The van der Waals surface area contributed by atoms with Crippen LogP contribution in [0.15, 0.2) is 0 Å². The van der Waals surface area contributed by atoms with Gasteiger partial charge < -0.3 is 9.90 Å². The molecule has 0 unspecified atom stereocenters. The van der Waals surface area contributed by atoms with Crippen LogP contribution in [0, 0.1) is 46.3 Å². The van der Waals surface area contributed by atoms with Gasteiger partial charge in [-0.2, -0.15) is 0 Å². The summed E-state index contributed by atoms with van der Waals surface area (Å²) in [5, 5.41) is 10.9. The average molecular weight is 402 g/mol. The van der Waals surface area contributed by atoms with E-state index in [-0.39, 0.29) is 64.7 Å². The van der Waals surface area contributed by atoms with Crippen LogP contribution in [-0.2, 0) is 19.2 Å². The van der Waals surface area contributed by atoms with Crippen LogP contribution in [0.1, 0.15) is 78.6 Å². The molecular formula is C24H33O5-. The van der Waals surface area contributed by atoms with E-state index in [0.717, 1.165) is 19.3 Å². The molecule has 4 aliphatic rings. The van der Waals surface area contributed by atoms with Crippen LogP contribution in [0.2, 0.25) is 0 Å². The lowest BCUT2D eigenvalue weighted by atomic mass is 9.44. The van der Waals surface area contributed by atoms with E-state index in [9.17, 15) is 24.3 Å². The highest BCUT2D eigenvalue weighted by Crippen LogP contribution is 2.66. The van der Waals surface area contributed by atoms with Gasteiger partial charge in [0.1, 0.15) is 17.3 Å². The molecule has 0 amide bonds. The smallest absolute Gasteiger partial charge is 0.139 e. The maximum absolute atomic E-state index is 13.6. The Morgan fingerprint density at radius 2 is 1.83 bits per heavy atom. The molecule has 0 aromatic rings. The minimum absolute atomic E-state index is 0.0192. The Morgan fingerprint density at radius 3 is 2.52 bits per heavy atom. The minimum Gasteiger partial charge on any atom is -0.550 e. The first-order chi connectivity index (χ1) is 13.6. The molecule has 4 saturated carbocycles. The quantitative estimate of drug-likeness (QED) is 0.722. The summed E-state index contributed by atoms with van der Waals surface area (Å²) >= 11 is 0. The summed E-state index contributed by atoms with van der Waals surface area (Å²) < 4.78 is 0. The molecule has 0 radical (unpaired) electrons. The summed E-state index contributed by atoms with van der Waals surface area (Å²) in [5.41, 5.74) is -0.627. The fourth-order valence-electron chi connectivity index (χ4n) is 7.94. The molecule has 0 N–H and O–H groups in total. The van der Waals surface area contributed by atoms with Crippen LogP contribution in [0.3, 0.4) is 0 Å². The summed E-state index contributed by atoms with van der Waals surface area (Å²) in [6, 6.07) is 0. The number of carbonyl (C=O) groups excluding carboxylic acids is 4. The first-order valence-corrected chi connectivity index (χ1v) is 11.4. The molecule has 0 saturated heterocycles. The number of carboxylic acid groups (broad SMARTS) is 1. The zero-order chi connectivity index (χ0) is 21.1. The van der Waals surface area contributed by atoms with Crippen molar-refractivity contribution < 1.29 is 24.3 Å². The monoisotopic (exact) mass is 401 g/mol. The van der Waals surface area contributed by atoms with Crippen LogP contribution in [0.25, 0.3) is 0 Å². The van der Waals surface area contributed by atoms with E-state index in [1.165, 1.54) is 0 Å². The Balaban J connectivity index is 1.63. The van der Waals surface area contributed by atoms with Gasteiger partial charge in [0.15, 0.2) is 0 Å². The fourth-order valence-corrected chi connectivity index (χ4v) is 7.94. The van der Waals surface area contributed by atoms with Crippen molar-refractivity contribution in [3.05, 3.63) is 0 Å². The number of Topliss-reactive ketones (excluding diaryl/α,β-unsaturated/α-hetero) is 3. The van der Waals surface area contributed by atoms with Crippen LogP contribution >= 0.6 is 0 Å². The van der Waals surface area contributed by atoms with Crippen LogP contribution < -0.4 is 5.11 Å². The fraction of sp³-hybridized carbons (Fsp3) is 0.833. The number of rotatable bonds is 4. The molecule has 4 fully saturated rings. The second kappa shape index (κ2) is 7.02. The Morgan fingerprint density at radius 1 is 1.10 bits per heavy atom. The molecule has 4 aliphatic carbocycles. The molecule has 0 heterocycles. The van der Waals surface area contributed by atoms with Gasteiger partial charge in [0, 0.05) is 43.0 Å². The maximum atomic E-state index is 13.6. The molecule has 0 aromatic carbocycles. The molecule has 0 aromatic heterocycles. The lowest BCUT2D eigenvalue weighted by Crippen LogP contribution is -2.60. The lowest BCUT2D eigenvalue weighted by Gasteiger charge is -2.58. The van der Waals surface area contributed by atoms with Crippen molar-refractivity contribution in [3.63, 3.8) is 0 Å². The number of ketones is 3. The number of carboxylic acids is 1. The van der Waals surface area contributed by atoms with Crippen LogP contribution in [0.5, 0.6) is 0 Å².